The number of hydrogen-bond donors (Lipinski definition) is 0. The molecular formula is C20H15N3O2. The van der Waals surface area contributed by atoms with Crippen LogP contribution in [-0.4, -0.2) is 23.5 Å². The van der Waals surface area contributed by atoms with E-state index in [0.717, 1.165) is 10.9 Å². The Hall–Kier alpha value is -3.39. The van der Waals surface area contributed by atoms with Gasteiger partial charge in [-0.3, -0.25) is 4.79 Å². The zero-order valence-electron chi connectivity index (χ0n) is 13.4. The molecular weight excluding hydrogens is 314 g/mol. The molecule has 1 aromatic heterocycles. The van der Waals surface area contributed by atoms with Crippen LogP contribution in [0.5, 0.6) is 5.88 Å². The van der Waals surface area contributed by atoms with E-state index in [4.69, 9.17) is 4.74 Å². The molecule has 3 aromatic rings. The Morgan fingerprint density at radius 2 is 1.88 bits per heavy atom. The van der Waals surface area contributed by atoms with Gasteiger partial charge in [-0.1, -0.05) is 30.3 Å². The number of para-hydroxylation sites is 2. The molecule has 1 amide bonds. The highest BCUT2D eigenvalue weighted by molar-refractivity contribution is 6.00. The van der Waals surface area contributed by atoms with Crippen LogP contribution in [0.4, 0.5) is 5.69 Å². The summed E-state index contributed by atoms with van der Waals surface area (Å²) in [6.07, 6.45) is -0.0204. The maximum Gasteiger partial charge on any atom is 0.268 e. The quantitative estimate of drug-likeness (QED) is 0.739. The summed E-state index contributed by atoms with van der Waals surface area (Å²) in [5.74, 6) is 0.296. The van der Waals surface area contributed by atoms with Crippen LogP contribution in [0.3, 0.4) is 0 Å². The van der Waals surface area contributed by atoms with E-state index in [0.29, 0.717) is 30.1 Å². The summed E-state index contributed by atoms with van der Waals surface area (Å²) in [4.78, 5) is 18.8. The van der Waals surface area contributed by atoms with Gasteiger partial charge in [0.15, 0.2) is 6.10 Å². The molecule has 1 aliphatic rings. The number of aromatic nitrogens is 1. The van der Waals surface area contributed by atoms with Crippen LogP contribution in [0.1, 0.15) is 12.0 Å². The minimum atomic E-state index is -0.583. The number of carbonyl (C=O) groups is 1. The zero-order valence-corrected chi connectivity index (χ0v) is 13.4. The highest BCUT2D eigenvalue weighted by Gasteiger charge is 2.35. The molecule has 0 unspecified atom stereocenters. The number of carbonyl (C=O) groups excluding carboxylic acids is 1. The summed E-state index contributed by atoms with van der Waals surface area (Å²) >= 11 is 0. The van der Waals surface area contributed by atoms with Gasteiger partial charge in [0.2, 0.25) is 5.88 Å². The van der Waals surface area contributed by atoms with Crippen molar-refractivity contribution in [2.45, 2.75) is 12.5 Å². The van der Waals surface area contributed by atoms with Crippen molar-refractivity contribution in [3.05, 3.63) is 66.2 Å². The number of nitriles is 1. The highest BCUT2D eigenvalue weighted by atomic mass is 16.5. The number of nitrogens with zero attached hydrogens (tertiary/aromatic N) is 3. The second-order valence-electron chi connectivity index (χ2n) is 5.86. The second kappa shape index (κ2) is 6.25. The van der Waals surface area contributed by atoms with Gasteiger partial charge < -0.3 is 9.64 Å². The molecule has 122 valence electrons. The van der Waals surface area contributed by atoms with Crippen molar-refractivity contribution in [1.82, 2.24) is 4.98 Å². The molecule has 1 fully saturated rings. The Morgan fingerprint density at radius 1 is 1.08 bits per heavy atom. The van der Waals surface area contributed by atoms with E-state index in [2.05, 4.69) is 11.1 Å². The standard InChI is InChI=1S/C20H15N3O2/c21-13-15-6-2-4-8-17(15)23-12-11-18(20(23)24)25-19-10-9-14-5-1-3-7-16(14)22-19/h1-10,18H,11-12H2/t18-/m0/s1. The summed E-state index contributed by atoms with van der Waals surface area (Å²) in [7, 11) is 0. The van der Waals surface area contributed by atoms with Crippen molar-refractivity contribution in [2.75, 3.05) is 11.4 Å². The van der Waals surface area contributed by atoms with E-state index in [9.17, 15) is 10.1 Å². The Labute approximate surface area is 145 Å². The molecule has 0 bridgehead atoms. The number of fused-ring (bicyclic) bond motifs is 1. The third-order valence-electron chi connectivity index (χ3n) is 4.31. The minimum absolute atomic E-state index is 0.141. The van der Waals surface area contributed by atoms with Crippen molar-refractivity contribution in [1.29, 1.82) is 5.26 Å². The van der Waals surface area contributed by atoms with Crippen molar-refractivity contribution in [2.24, 2.45) is 0 Å². The Kier molecular flexibility index (Phi) is 3.79. The largest absolute Gasteiger partial charge is 0.464 e. The first kappa shape index (κ1) is 15.2. The number of ether oxygens (including phenoxy) is 1. The lowest BCUT2D eigenvalue weighted by atomic mass is 10.2. The lowest BCUT2D eigenvalue weighted by Gasteiger charge is -2.18. The predicted molar refractivity (Wildman–Crippen MR) is 94.3 cm³/mol. The van der Waals surface area contributed by atoms with E-state index < -0.39 is 6.10 Å². The second-order valence-corrected chi connectivity index (χ2v) is 5.86. The maximum atomic E-state index is 12.7. The lowest BCUT2D eigenvalue weighted by molar-refractivity contribution is -0.123. The molecule has 0 aliphatic carbocycles. The average Bonchev–Trinajstić information content (AvgIpc) is 3.02. The predicted octanol–water partition coefficient (Wildman–Crippen LogP) is 3.29. The van der Waals surface area contributed by atoms with Crippen molar-refractivity contribution in [3.8, 4) is 11.9 Å². The number of hydrogen-bond acceptors (Lipinski definition) is 4. The van der Waals surface area contributed by atoms with Gasteiger partial charge in [0.25, 0.3) is 5.91 Å². The molecule has 5 nitrogen and oxygen atoms in total. The fraction of sp³-hybridized carbons (Fsp3) is 0.150. The normalized spacial score (nSPS) is 16.8. The molecule has 0 N–H and O–H groups in total. The fourth-order valence-corrected chi connectivity index (χ4v) is 3.06. The first-order chi connectivity index (χ1) is 12.3. The average molecular weight is 329 g/mol. The van der Waals surface area contributed by atoms with Gasteiger partial charge in [0.05, 0.1) is 16.8 Å². The number of rotatable bonds is 3. The van der Waals surface area contributed by atoms with E-state index >= 15 is 0 Å². The van der Waals surface area contributed by atoms with Crippen LogP contribution >= 0.6 is 0 Å². The van der Waals surface area contributed by atoms with Crippen molar-refractivity contribution in [3.63, 3.8) is 0 Å². The summed E-state index contributed by atoms with van der Waals surface area (Å²) in [5, 5.41) is 10.3. The molecule has 5 heteroatoms. The van der Waals surface area contributed by atoms with Gasteiger partial charge in [-0.25, -0.2) is 4.98 Å². The van der Waals surface area contributed by atoms with Crippen LogP contribution in [0.15, 0.2) is 60.7 Å². The van der Waals surface area contributed by atoms with E-state index in [1.165, 1.54) is 0 Å². The highest BCUT2D eigenvalue weighted by Crippen LogP contribution is 2.27. The Balaban J connectivity index is 1.56. The van der Waals surface area contributed by atoms with E-state index in [1.54, 1.807) is 29.2 Å². The molecule has 1 saturated heterocycles. The Morgan fingerprint density at radius 3 is 2.76 bits per heavy atom. The van der Waals surface area contributed by atoms with Gasteiger partial charge in [0, 0.05) is 24.4 Å². The molecule has 0 saturated carbocycles. The third kappa shape index (κ3) is 2.79. The summed E-state index contributed by atoms with van der Waals surface area (Å²) in [6, 6.07) is 20.7. The fourth-order valence-electron chi connectivity index (χ4n) is 3.06. The van der Waals surface area contributed by atoms with Gasteiger partial charge in [-0.05, 0) is 24.3 Å². The van der Waals surface area contributed by atoms with E-state index in [1.807, 2.05) is 36.4 Å². The zero-order chi connectivity index (χ0) is 17.2. The van der Waals surface area contributed by atoms with Crippen molar-refractivity contribution >= 4 is 22.5 Å². The van der Waals surface area contributed by atoms with Crippen LogP contribution in [0.2, 0.25) is 0 Å². The molecule has 4 rings (SSSR count). The number of benzene rings is 2. The van der Waals surface area contributed by atoms with Gasteiger partial charge >= 0.3 is 0 Å². The number of anilines is 1. The van der Waals surface area contributed by atoms with Gasteiger partial charge in [0.1, 0.15) is 6.07 Å². The molecule has 1 aliphatic heterocycles. The molecule has 1 atom stereocenters. The molecule has 2 aromatic carbocycles. The summed E-state index contributed by atoms with van der Waals surface area (Å²) in [5.41, 5.74) is 1.95. The van der Waals surface area contributed by atoms with Crippen LogP contribution in [0, 0.1) is 11.3 Å². The van der Waals surface area contributed by atoms with E-state index in [-0.39, 0.29) is 5.91 Å². The number of pyridine rings is 1. The SMILES string of the molecule is N#Cc1ccccc1N1CC[C@H](Oc2ccc3ccccc3n2)C1=O. The monoisotopic (exact) mass is 329 g/mol. The minimum Gasteiger partial charge on any atom is -0.464 e. The van der Waals surface area contributed by atoms with Crippen molar-refractivity contribution < 1.29 is 9.53 Å². The van der Waals surface area contributed by atoms with Gasteiger partial charge in [-0.2, -0.15) is 5.26 Å². The number of amides is 1. The first-order valence-electron chi connectivity index (χ1n) is 8.09. The smallest absolute Gasteiger partial charge is 0.268 e. The molecule has 2 heterocycles. The maximum absolute atomic E-state index is 12.7. The summed E-state index contributed by atoms with van der Waals surface area (Å²) < 4.78 is 5.84. The molecule has 25 heavy (non-hydrogen) atoms. The van der Waals surface area contributed by atoms with Crippen LogP contribution in [-0.2, 0) is 4.79 Å². The topological polar surface area (TPSA) is 66.2 Å². The van der Waals surface area contributed by atoms with Crippen LogP contribution in [0.25, 0.3) is 10.9 Å². The third-order valence-corrected chi connectivity index (χ3v) is 4.31. The molecule has 0 spiro atoms. The first-order valence-corrected chi connectivity index (χ1v) is 8.09. The Bertz CT molecular complexity index is 993. The lowest BCUT2D eigenvalue weighted by Crippen LogP contribution is -2.32. The molecule has 0 radical (unpaired) electrons. The van der Waals surface area contributed by atoms with Crippen LogP contribution < -0.4 is 9.64 Å². The summed E-state index contributed by atoms with van der Waals surface area (Å²) in [6.45, 7) is 0.524. The van der Waals surface area contributed by atoms with Gasteiger partial charge in [-0.15, -0.1) is 0 Å².